The van der Waals surface area contributed by atoms with Crippen LogP contribution in [-0.4, -0.2) is 18.0 Å². The Hall–Kier alpha value is -0.910. The van der Waals surface area contributed by atoms with Gasteiger partial charge in [-0.2, -0.15) is 11.8 Å². The molecule has 0 spiro atoms. The Morgan fingerprint density at radius 2 is 2.29 bits per heavy atom. The minimum atomic E-state index is 0.136. The summed E-state index contributed by atoms with van der Waals surface area (Å²) < 4.78 is 0. The third-order valence-electron chi connectivity index (χ3n) is 1.71. The smallest absolute Gasteiger partial charge is 0.0540 e. The summed E-state index contributed by atoms with van der Waals surface area (Å²) in [5, 5.41) is 8.58. The summed E-state index contributed by atoms with van der Waals surface area (Å²) >= 11 is 1.80. The quantitative estimate of drug-likeness (QED) is 0.766. The molecule has 1 aromatic rings. The van der Waals surface area contributed by atoms with Crippen molar-refractivity contribution in [2.45, 2.75) is 12.2 Å². The molecule has 14 heavy (non-hydrogen) atoms. The summed E-state index contributed by atoms with van der Waals surface area (Å²) in [6.07, 6.45) is 2.64. The molecular weight excluding hydrogens is 192 g/mol. The van der Waals surface area contributed by atoms with Gasteiger partial charge >= 0.3 is 0 Å². The van der Waals surface area contributed by atoms with Crippen molar-refractivity contribution in [3.63, 3.8) is 0 Å². The Labute approximate surface area is 89.5 Å². The minimum Gasteiger partial charge on any atom is -0.395 e. The Bertz CT molecular complexity index is 336. The van der Waals surface area contributed by atoms with Crippen LogP contribution in [0.2, 0.25) is 0 Å². The molecule has 0 radical (unpaired) electrons. The Morgan fingerprint density at radius 1 is 1.43 bits per heavy atom. The summed E-state index contributed by atoms with van der Waals surface area (Å²) in [5.41, 5.74) is 2.33. The van der Waals surface area contributed by atoms with Crippen molar-refractivity contribution in [3.05, 3.63) is 35.4 Å². The lowest BCUT2D eigenvalue weighted by Gasteiger charge is -1.97. The first-order chi connectivity index (χ1) is 6.86. The van der Waals surface area contributed by atoms with Crippen LogP contribution in [0.4, 0.5) is 0 Å². The van der Waals surface area contributed by atoms with Crippen LogP contribution in [0.3, 0.4) is 0 Å². The molecule has 0 aromatic heterocycles. The van der Waals surface area contributed by atoms with Crippen molar-refractivity contribution < 1.29 is 5.11 Å². The molecule has 1 nitrogen and oxygen atoms in total. The second-order valence-electron chi connectivity index (χ2n) is 2.91. The van der Waals surface area contributed by atoms with Gasteiger partial charge in [-0.15, -0.1) is 0 Å². The Kier molecular flexibility index (Phi) is 5.21. The molecule has 0 unspecified atom stereocenters. The van der Waals surface area contributed by atoms with Gasteiger partial charge in [-0.25, -0.2) is 0 Å². The molecule has 1 aromatic carbocycles. The number of thioether (sulfide) groups is 1. The summed E-state index contributed by atoms with van der Waals surface area (Å²) in [6, 6.07) is 8.22. The molecule has 74 valence electrons. The second-order valence-corrected chi connectivity index (χ2v) is 3.77. The van der Waals surface area contributed by atoms with Crippen LogP contribution < -0.4 is 0 Å². The van der Waals surface area contributed by atoms with E-state index in [0.29, 0.717) is 6.42 Å². The topological polar surface area (TPSA) is 20.2 Å². The van der Waals surface area contributed by atoms with Crippen LogP contribution in [0.15, 0.2) is 24.3 Å². The van der Waals surface area contributed by atoms with Gasteiger partial charge in [0, 0.05) is 17.7 Å². The molecular formula is C12H14OS. The maximum absolute atomic E-state index is 8.58. The SMILES string of the molecule is CSCc1cccc(C#CCCO)c1. The predicted molar refractivity (Wildman–Crippen MR) is 62.2 cm³/mol. The highest BCUT2D eigenvalue weighted by Gasteiger charge is 1.91. The average Bonchev–Trinajstić information content (AvgIpc) is 2.19. The first-order valence-electron chi connectivity index (χ1n) is 4.54. The lowest BCUT2D eigenvalue weighted by Crippen LogP contribution is -1.82. The van der Waals surface area contributed by atoms with Crippen molar-refractivity contribution >= 4 is 11.8 Å². The summed E-state index contributed by atoms with van der Waals surface area (Å²) in [5.74, 6) is 6.96. The van der Waals surface area contributed by atoms with Crippen LogP contribution in [0, 0.1) is 11.8 Å². The fourth-order valence-electron chi connectivity index (χ4n) is 1.13. The van der Waals surface area contributed by atoms with Gasteiger partial charge in [-0.1, -0.05) is 24.0 Å². The van der Waals surface area contributed by atoms with Crippen molar-refractivity contribution in [1.82, 2.24) is 0 Å². The zero-order valence-electron chi connectivity index (χ0n) is 8.29. The third-order valence-corrected chi connectivity index (χ3v) is 2.33. The molecule has 0 saturated heterocycles. The first-order valence-corrected chi connectivity index (χ1v) is 5.94. The van der Waals surface area contributed by atoms with Gasteiger partial charge < -0.3 is 5.11 Å². The standard InChI is InChI=1S/C12H14OS/c1-14-10-12-7-4-6-11(9-12)5-2-3-8-13/h4,6-7,9,13H,3,8,10H2,1H3. The molecule has 0 heterocycles. The van der Waals surface area contributed by atoms with E-state index in [0.717, 1.165) is 11.3 Å². The third kappa shape index (κ3) is 3.87. The number of hydrogen-bond donors (Lipinski definition) is 1. The van der Waals surface area contributed by atoms with Gasteiger partial charge in [-0.05, 0) is 24.0 Å². The lowest BCUT2D eigenvalue weighted by molar-refractivity contribution is 0.305. The summed E-state index contributed by atoms with van der Waals surface area (Å²) in [6.45, 7) is 0.136. The average molecular weight is 206 g/mol. The zero-order valence-corrected chi connectivity index (χ0v) is 9.10. The van der Waals surface area contributed by atoms with Crippen molar-refractivity contribution in [2.75, 3.05) is 12.9 Å². The predicted octanol–water partition coefficient (Wildman–Crippen LogP) is 2.28. The number of aliphatic hydroxyl groups is 1. The molecule has 0 fully saturated rings. The van der Waals surface area contributed by atoms with Gasteiger partial charge in [0.2, 0.25) is 0 Å². The molecule has 0 bridgehead atoms. The summed E-state index contributed by atoms with van der Waals surface area (Å²) in [4.78, 5) is 0. The Balaban J connectivity index is 2.69. The number of hydrogen-bond acceptors (Lipinski definition) is 2. The summed E-state index contributed by atoms with van der Waals surface area (Å²) in [7, 11) is 0. The molecule has 2 heteroatoms. The largest absolute Gasteiger partial charge is 0.395 e. The normalized spacial score (nSPS) is 9.29. The number of aliphatic hydroxyl groups excluding tert-OH is 1. The fourth-order valence-corrected chi connectivity index (χ4v) is 1.64. The first kappa shape index (κ1) is 11.2. The lowest BCUT2D eigenvalue weighted by atomic mass is 10.1. The van der Waals surface area contributed by atoms with E-state index in [1.54, 1.807) is 11.8 Å². The zero-order chi connectivity index (χ0) is 10.2. The van der Waals surface area contributed by atoms with Crippen LogP contribution in [0.1, 0.15) is 17.5 Å². The van der Waals surface area contributed by atoms with Crippen molar-refractivity contribution in [1.29, 1.82) is 0 Å². The molecule has 0 saturated carbocycles. The van der Waals surface area contributed by atoms with E-state index in [2.05, 4.69) is 30.2 Å². The molecule has 0 aliphatic heterocycles. The number of benzene rings is 1. The molecule has 0 aliphatic carbocycles. The van der Waals surface area contributed by atoms with Gasteiger partial charge in [-0.3, -0.25) is 0 Å². The van der Waals surface area contributed by atoms with E-state index < -0.39 is 0 Å². The highest BCUT2D eigenvalue weighted by Crippen LogP contribution is 2.10. The Morgan fingerprint density at radius 3 is 3.00 bits per heavy atom. The van der Waals surface area contributed by atoms with Crippen LogP contribution in [0.25, 0.3) is 0 Å². The van der Waals surface area contributed by atoms with Crippen LogP contribution in [-0.2, 0) is 5.75 Å². The molecule has 0 amide bonds. The van der Waals surface area contributed by atoms with Gasteiger partial charge in [0.25, 0.3) is 0 Å². The van der Waals surface area contributed by atoms with Gasteiger partial charge in [0.05, 0.1) is 6.61 Å². The molecule has 1 N–H and O–H groups in total. The maximum atomic E-state index is 8.58. The fraction of sp³-hybridized carbons (Fsp3) is 0.333. The highest BCUT2D eigenvalue weighted by molar-refractivity contribution is 7.97. The minimum absolute atomic E-state index is 0.136. The number of rotatable bonds is 3. The van der Waals surface area contributed by atoms with E-state index in [1.165, 1.54) is 5.56 Å². The molecule has 0 atom stereocenters. The molecule has 1 rings (SSSR count). The molecule has 0 aliphatic rings. The van der Waals surface area contributed by atoms with E-state index in [9.17, 15) is 0 Å². The van der Waals surface area contributed by atoms with Crippen molar-refractivity contribution in [2.24, 2.45) is 0 Å². The van der Waals surface area contributed by atoms with E-state index in [-0.39, 0.29) is 6.61 Å². The monoisotopic (exact) mass is 206 g/mol. The van der Waals surface area contributed by atoms with Gasteiger partial charge in [0.15, 0.2) is 0 Å². The second kappa shape index (κ2) is 6.53. The van der Waals surface area contributed by atoms with Gasteiger partial charge in [0.1, 0.15) is 0 Å². The highest BCUT2D eigenvalue weighted by atomic mass is 32.2. The van der Waals surface area contributed by atoms with Crippen molar-refractivity contribution in [3.8, 4) is 11.8 Å². The van der Waals surface area contributed by atoms with E-state index in [1.807, 2.05) is 12.1 Å². The van der Waals surface area contributed by atoms with E-state index >= 15 is 0 Å². The van der Waals surface area contributed by atoms with Crippen LogP contribution >= 0.6 is 11.8 Å². The maximum Gasteiger partial charge on any atom is 0.0540 e. The van der Waals surface area contributed by atoms with E-state index in [4.69, 9.17) is 5.11 Å². The van der Waals surface area contributed by atoms with Crippen LogP contribution in [0.5, 0.6) is 0 Å².